The number of ether oxygens (including phenoxy) is 2. The van der Waals surface area contributed by atoms with Gasteiger partial charge < -0.3 is 9.47 Å². The molecule has 2 rings (SSSR count). The van der Waals surface area contributed by atoms with Crippen LogP contribution in [0.5, 0.6) is 11.5 Å². The van der Waals surface area contributed by atoms with E-state index in [4.69, 9.17) is 9.47 Å². The summed E-state index contributed by atoms with van der Waals surface area (Å²) in [6, 6.07) is 12.5. The van der Waals surface area contributed by atoms with E-state index in [1.165, 1.54) is 0 Å². The molecule has 0 bridgehead atoms. The molecule has 2 aromatic carbocycles. The summed E-state index contributed by atoms with van der Waals surface area (Å²) in [4.78, 5) is 12.1. The quantitative estimate of drug-likeness (QED) is 0.640. The van der Waals surface area contributed by atoms with Crippen LogP contribution in [0.1, 0.15) is 22.8 Å². The van der Waals surface area contributed by atoms with Gasteiger partial charge in [-0.1, -0.05) is 22.0 Å². The maximum atomic E-state index is 12.1. The molecule has 0 saturated heterocycles. The first-order valence-electron chi connectivity index (χ1n) is 6.87. The second-order valence-corrected chi connectivity index (χ2v) is 5.63. The second-order valence-electron chi connectivity index (χ2n) is 4.71. The van der Waals surface area contributed by atoms with Crippen molar-refractivity contribution in [1.82, 2.24) is 5.43 Å². The lowest BCUT2D eigenvalue weighted by Gasteiger charge is -2.10. The largest absolute Gasteiger partial charge is 0.497 e. The summed E-state index contributed by atoms with van der Waals surface area (Å²) in [5, 5.41) is 4.15. The summed E-state index contributed by atoms with van der Waals surface area (Å²) in [6.45, 7) is 1.80. The molecule has 1 amide bonds. The number of carbonyl (C=O) groups is 1. The molecule has 2 aromatic rings. The highest BCUT2D eigenvalue weighted by Crippen LogP contribution is 2.25. The monoisotopic (exact) mass is 376 g/mol. The predicted molar refractivity (Wildman–Crippen MR) is 93.4 cm³/mol. The third kappa shape index (κ3) is 4.32. The normalized spacial score (nSPS) is 11.0. The Bertz CT molecular complexity index is 744. The summed E-state index contributed by atoms with van der Waals surface area (Å²) >= 11 is 3.34. The van der Waals surface area contributed by atoms with Gasteiger partial charge in [0.05, 0.1) is 19.9 Å². The first-order chi connectivity index (χ1) is 11.0. The van der Waals surface area contributed by atoms with Gasteiger partial charge in [0.2, 0.25) is 0 Å². The van der Waals surface area contributed by atoms with Crippen LogP contribution in [0.3, 0.4) is 0 Å². The fraction of sp³-hybridized carbons (Fsp3) is 0.176. The molecule has 0 radical (unpaired) electrons. The van der Waals surface area contributed by atoms with E-state index >= 15 is 0 Å². The topological polar surface area (TPSA) is 59.9 Å². The predicted octanol–water partition coefficient (Wildman–Crippen LogP) is 3.62. The van der Waals surface area contributed by atoms with Gasteiger partial charge in [-0.05, 0) is 37.3 Å². The van der Waals surface area contributed by atoms with Gasteiger partial charge >= 0.3 is 0 Å². The zero-order valence-corrected chi connectivity index (χ0v) is 14.7. The maximum absolute atomic E-state index is 12.1. The number of halogens is 1. The van der Waals surface area contributed by atoms with Gasteiger partial charge in [-0.3, -0.25) is 4.79 Å². The number of hydrazone groups is 1. The van der Waals surface area contributed by atoms with Crippen LogP contribution in [0.2, 0.25) is 0 Å². The van der Waals surface area contributed by atoms with Crippen LogP contribution in [0.15, 0.2) is 52.0 Å². The van der Waals surface area contributed by atoms with Crippen LogP contribution in [-0.2, 0) is 0 Å². The zero-order valence-electron chi connectivity index (χ0n) is 13.1. The van der Waals surface area contributed by atoms with E-state index < -0.39 is 0 Å². The standard InChI is InChI=1S/C17H17BrN2O3/c1-11(15-8-7-14(22-2)10-16(15)23-3)19-20-17(21)12-5-4-6-13(18)9-12/h4-10H,1-3H3,(H,20,21)/b19-11+. The number of amides is 1. The van der Waals surface area contributed by atoms with Crippen molar-refractivity contribution in [2.75, 3.05) is 14.2 Å². The van der Waals surface area contributed by atoms with Gasteiger partial charge in [-0.2, -0.15) is 5.10 Å². The lowest BCUT2D eigenvalue weighted by atomic mass is 10.1. The van der Waals surface area contributed by atoms with Crippen molar-refractivity contribution >= 4 is 27.5 Å². The minimum Gasteiger partial charge on any atom is -0.497 e. The molecule has 0 aliphatic carbocycles. The Morgan fingerprint density at radius 3 is 2.57 bits per heavy atom. The average Bonchev–Trinajstić information content (AvgIpc) is 2.58. The molecular weight excluding hydrogens is 360 g/mol. The van der Waals surface area contributed by atoms with Crippen LogP contribution >= 0.6 is 15.9 Å². The van der Waals surface area contributed by atoms with Crippen LogP contribution in [0.25, 0.3) is 0 Å². The van der Waals surface area contributed by atoms with E-state index in [2.05, 4.69) is 26.5 Å². The van der Waals surface area contributed by atoms with Crippen molar-refractivity contribution in [3.8, 4) is 11.5 Å². The first-order valence-corrected chi connectivity index (χ1v) is 7.67. The van der Waals surface area contributed by atoms with E-state index in [1.807, 2.05) is 18.2 Å². The lowest BCUT2D eigenvalue weighted by Crippen LogP contribution is -2.19. The fourth-order valence-electron chi connectivity index (χ4n) is 1.99. The molecule has 0 aromatic heterocycles. The summed E-state index contributed by atoms with van der Waals surface area (Å²) in [5.41, 5.74) is 4.48. The van der Waals surface area contributed by atoms with E-state index in [1.54, 1.807) is 45.4 Å². The minimum atomic E-state index is -0.280. The van der Waals surface area contributed by atoms with Gasteiger partial charge in [0.25, 0.3) is 5.91 Å². The average molecular weight is 377 g/mol. The summed E-state index contributed by atoms with van der Waals surface area (Å²) in [6.07, 6.45) is 0. The molecule has 0 fully saturated rings. The molecule has 120 valence electrons. The van der Waals surface area contributed by atoms with Crippen LogP contribution < -0.4 is 14.9 Å². The molecule has 5 nitrogen and oxygen atoms in total. The first kappa shape index (κ1) is 17.0. The van der Waals surface area contributed by atoms with Crippen molar-refractivity contribution in [1.29, 1.82) is 0 Å². The van der Waals surface area contributed by atoms with Crippen LogP contribution in [-0.4, -0.2) is 25.8 Å². The highest BCUT2D eigenvalue weighted by molar-refractivity contribution is 9.10. The number of rotatable bonds is 5. The molecule has 0 unspecified atom stereocenters. The minimum absolute atomic E-state index is 0.280. The molecule has 0 atom stereocenters. The zero-order chi connectivity index (χ0) is 16.8. The Hall–Kier alpha value is -2.34. The van der Waals surface area contributed by atoms with Gasteiger partial charge in [0.15, 0.2) is 0 Å². The molecule has 1 N–H and O–H groups in total. The van der Waals surface area contributed by atoms with Gasteiger partial charge in [0, 0.05) is 21.7 Å². The van der Waals surface area contributed by atoms with E-state index in [0.717, 1.165) is 10.0 Å². The Morgan fingerprint density at radius 2 is 1.91 bits per heavy atom. The van der Waals surface area contributed by atoms with Crippen molar-refractivity contribution in [2.24, 2.45) is 5.10 Å². The number of benzene rings is 2. The summed E-state index contributed by atoms with van der Waals surface area (Å²) in [7, 11) is 3.17. The Morgan fingerprint density at radius 1 is 1.13 bits per heavy atom. The van der Waals surface area contributed by atoms with Crippen LogP contribution in [0, 0.1) is 0 Å². The van der Waals surface area contributed by atoms with Crippen molar-refractivity contribution in [3.05, 3.63) is 58.1 Å². The third-order valence-electron chi connectivity index (χ3n) is 3.21. The van der Waals surface area contributed by atoms with Gasteiger partial charge in [0.1, 0.15) is 11.5 Å². The number of hydrogen-bond donors (Lipinski definition) is 1. The molecule has 0 aliphatic heterocycles. The Kier molecular flexibility index (Phi) is 5.76. The van der Waals surface area contributed by atoms with Crippen molar-refractivity contribution in [3.63, 3.8) is 0 Å². The van der Waals surface area contributed by atoms with E-state index in [9.17, 15) is 4.79 Å². The van der Waals surface area contributed by atoms with E-state index in [0.29, 0.717) is 22.8 Å². The highest BCUT2D eigenvalue weighted by atomic mass is 79.9. The fourth-order valence-corrected chi connectivity index (χ4v) is 2.39. The van der Waals surface area contributed by atoms with Gasteiger partial charge in [-0.15, -0.1) is 0 Å². The molecule has 23 heavy (non-hydrogen) atoms. The number of carbonyl (C=O) groups excluding carboxylic acids is 1. The maximum Gasteiger partial charge on any atom is 0.271 e. The number of nitrogens with zero attached hydrogens (tertiary/aromatic N) is 1. The number of hydrogen-bond acceptors (Lipinski definition) is 4. The van der Waals surface area contributed by atoms with Crippen molar-refractivity contribution < 1.29 is 14.3 Å². The number of nitrogens with one attached hydrogen (secondary N) is 1. The van der Waals surface area contributed by atoms with Crippen molar-refractivity contribution in [2.45, 2.75) is 6.92 Å². The van der Waals surface area contributed by atoms with Gasteiger partial charge in [-0.25, -0.2) is 5.43 Å². The SMILES string of the molecule is COc1ccc(/C(C)=N/NC(=O)c2cccc(Br)c2)c(OC)c1. The van der Waals surface area contributed by atoms with Crippen LogP contribution in [0.4, 0.5) is 0 Å². The number of methoxy groups -OCH3 is 2. The summed E-state index contributed by atoms with van der Waals surface area (Å²) < 4.78 is 11.3. The highest BCUT2D eigenvalue weighted by Gasteiger charge is 2.09. The molecule has 0 saturated carbocycles. The molecule has 0 aliphatic rings. The lowest BCUT2D eigenvalue weighted by molar-refractivity contribution is 0.0954. The Balaban J connectivity index is 2.18. The Labute approximate surface area is 143 Å². The molecule has 0 heterocycles. The van der Waals surface area contributed by atoms with E-state index in [-0.39, 0.29) is 5.91 Å². The third-order valence-corrected chi connectivity index (χ3v) is 3.70. The molecule has 6 heteroatoms. The summed E-state index contributed by atoms with van der Waals surface area (Å²) in [5.74, 6) is 1.04. The smallest absolute Gasteiger partial charge is 0.271 e. The molecule has 0 spiro atoms. The second kappa shape index (κ2) is 7.78. The molecular formula is C17H17BrN2O3.